The highest BCUT2D eigenvalue weighted by molar-refractivity contribution is 9.10. The summed E-state index contributed by atoms with van der Waals surface area (Å²) in [5.41, 5.74) is 5.18. The van der Waals surface area contributed by atoms with Crippen LogP contribution in [0.5, 0.6) is 11.5 Å². The molecule has 9 nitrogen and oxygen atoms in total. The highest BCUT2D eigenvalue weighted by Crippen LogP contribution is 2.58. The lowest BCUT2D eigenvalue weighted by molar-refractivity contribution is -0.211. The number of rotatable bonds is 9. The summed E-state index contributed by atoms with van der Waals surface area (Å²) in [5, 5.41) is 5.70. The van der Waals surface area contributed by atoms with Gasteiger partial charge in [-0.2, -0.15) is 0 Å². The molecule has 49 heavy (non-hydrogen) atoms. The molecular formula is C39H44BrN5O4. The summed E-state index contributed by atoms with van der Waals surface area (Å²) in [4.78, 5) is 14.2. The third kappa shape index (κ3) is 5.95. The van der Waals surface area contributed by atoms with E-state index in [9.17, 15) is 0 Å². The fourth-order valence-corrected chi connectivity index (χ4v) is 8.91. The van der Waals surface area contributed by atoms with Crippen LogP contribution in [0.2, 0.25) is 0 Å². The van der Waals surface area contributed by atoms with Gasteiger partial charge in [-0.3, -0.25) is 0 Å². The average molecular weight is 727 g/mol. The van der Waals surface area contributed by atoms with E-state index in [-0.39, 0.29) is 23.7 Å². The van der Waals surface area contributed by atoms with Gasteiger partial charge in [0.05, 0.1) is 42.0 Å². The standard InChI is InChI=1S/C39H44BrN5O4/c1-24-29-13-17-45(37(29)43-23-42-24)32-21-38(2,35-34(32)48-39(49-35)14-6-5-7-15-39)16-12-25-8-9-26-19-30(40)36(44-31(26)18-25)41-22-27-10-11-28(46-3)20-33(27)47-4/h8-11,13,17-20,23,32,34-35H,5-7,12,14-16,21-22H2,1-4H3,(H,41,44)/t32-,34+,35+,38+/m1/s1. The molecule has 4 atom stereocenters. The molecule has 2 aromatic carbocycles. The SMILES string of the molecule is COc1ccc(CNc2nc3cc(CC[C@@]4(C)C[C@@H](n5ccc6c(C)ncnc65)[C@@H]5OC6(CCCCC6)O[C@@H]54)ccc3cc2Br)c(OC)c1. The Bertz CT molecular complexity index is 2010. The van der Waals surface area contributed by atoms with Gasteiger partial charge in [0.2, 0.25) is 0 Å². The Morgan fingerprint density at radius 2 is 1.86 bits per heavy atom. The van der Waals surface area contributed by atoms with Crippen LogP contribution in [0.3, 0.4) is 0 Å². The number of nitrogens with one attached hydrogen (secondary N) is 1. The quantitative estimate of drug-likeness (QED) is 0.161. The Hall–Kier alpha value is -3.73. The second-order valence-electron chi connectivity index (χ2n) is 14.3. The molecule has 3 aromatic heterocycles. The first-order chi connectivity index (χ1) is 23.8. The van der Waals surface area contributed by atoms with Gasteiger partial charge in [-0.15, -0.1) is 0 Å². The summed E-state index contributed by atoms with van der Waals surface area (Å²) >= 11 is 3.74. The molecule has 1 N–H and O–H groups in total. The van der Waals surface area contributed by atoms with Gasteiger partial charge in [0, 0.05) is 48.0 Å². The van der Waals surface area contributed by atoms with Crippen molar-refractivity contribution in [1.82, 2.24) is 19.5 Å². The van der Waals surface area contributed by atoms with Crippen LogP contribution >= 0.6 is 15.9 Å². The molecule has 2 aliphatic carbocycles. The fourth-order valence-electron chi connectivity index (χ4n) is 8.43. The van der Waals surface area contributed by atoms with Crippen LogP contribution in [-0.2, 0) is 22.4 Å². The van der Waals surface area contributed by atoms with E-state index in [1.54, 1.807) is 20.5 Å². The first-order valence-electron chi connectivity index (χ1n) is 17.5. The maximum absolute atomic E-state index is 7.06. The van der Waals surface area contributed by atoms with Gasteiger partial charge >= 0.3 is 0 Å². The van der Waals surface area contributed by atoms with Gasteiger partial charge in [0.15, 0.2) is 5.79 Å². The molecule has 8 rings (SSSR count). The number of fused-ring (bicyclic) bond motifs is 3. The fraction of sp³-hybridized carbons (Fsp3) is 0.462. The number of methoxy groups -OCH3 is 2. The molecule has 3 fully saturated rings. The van der Waals surface area contributed by atoms with Gasteiger partial charge in [-0.05, 0) is 96.3 Å². The summed E-state index contributed by atoms with van der Waals surface area (Å²) in [6.07, 6.45) is 12.3. The topological polar surface area (TPSA) is 92.6 Å². The number of pyridine rings is 1. The molecule has 1 spiro atoms. The summed E-state index contributed by atoms with van der Waals surface area (Å²) < 4.78 is 28.3. The minimum absolute atomic E-state index is 0.0115. The molecule has 0 bridgehead atoms. The van der Waals surface area contributed by atoms with E-state index in [0.29, 0.717) is 6.54 Å². The molecule has 3 aliphatic rings. The third-order valence-electron chi connectivity index (χ3n) is 11.2. The van der Waals surface area contributed by atoms with Crippen LogP contribution in [0.25, 0.3) is 21.9 Å². The monoisotopic (exact) mass is 725 g/mol. The van der Waals surface area contributed by atoms with Crippen molar-refractivity contribution in [2.45, 2.75) is 95.8 Å². The van der Waals surface area contributed by atoms with Crippen LogP contribution in [0, 0.1) is 12.3 Å². The highest BCUT2D eigenvalue weighted by Gasteiger charge is 2.61. The van der Waals surface area contributed by atoms with Crippen LogP contribution in [0.15, 0.2) is 65.5 Å². The van der Waals surface area contributed by atoms with Gasteiger partial charge < -0.3 is 28.8 Å². The molecule has 0 radical (unpaired) electrons. The van der Waals surface area contributed by atoms with Crippen molar-refractivity contribution in [3.63, 3.8) is 0 Å². The highest BCUT2D eigenvalue weighted by atomic mass is 79.9. The Balaban J connectivity index is 1.04. The molecule has 0 amide bonds. The molecule has 0 unspecified atom stereocenters. The number of hydrogen-bond donors (Lipinski definition) is 1. The predicted octanol–water partition coefficient (Wildman–Crippen LogP) is 8.71. The Labute approximate surface area is 295 Å². The molecule has 1 saturated heterocycles. The normalized spacial score (nSPS) is 24.5. The van der Waals surface area contributed by atoms with Crippen LogP contribution in [0.4, 0.5) is 5.82 Å². The van der Waals surface area contributed by atoms with Crippen molar-refractivity contribution in [3.8, 4) is 11.5 Å². The third-order valence-corrected chi connectivity index (χ3v) is 11.8. The number of aryl methyl sites for hydroxylation is 2. The minimum Gasteiger partial charge on any atom is -0.497 e. The molecule has 2 saturated carbocycles. The average Bonchev–Trinajstić information content (AvgIpc) is 3.79. The largest absolute Gasteiger partial charge is 0.497 e. The summed E-state index contributed by atoms with van der Waals surface area (Å²) in [7, 11) is 3.33. The first-order valence-corrected chi connectivity index (χ1v) is 18.3. The van der Waals surface area contributed by atoms with E-state index in [0.717, 1.165) is 99.9 Å². The number of aromatic nitrogens is 4. The van der Waals surface area contributed by atoms with Crippen molar-refractivity contribution in [2.75, 3.05) is 19.5 Å². The maximum atomic E-state index is 7.06. The van der Waals surface area contributed by atoms with Gasteiger partial charge in [-0.25, -0.2) is 15.0 Å². The number of hydrogen-bond acceptors (Lipinski definition) is 8. The van der Waals surface area contributed by atoms with Gasteiger partial charge in [-0.1, -0.05) is 25.5 Å². The zero-order valence-electron chi connectivity index (χ0n) is 28.7. The maximum Gasteiger partial charge on any atom is 0.169 e. The minimum atomic E-state index is -0.457. The number of nitrogens with zero attached hydrogens (tertiary/aromatic N) is 4. The van der Waals surface area contributed by atoms with Crippen molar-refractivity contribution in [2.24, 2.45) is 5.41 Å². The van der Waals surface area contributed by atoms with E-state index in [4.69, 9.17) is 28.9 Å². The Morgan fingerprint density at radius 3 is 2.67 bits per heavy atom. The predicted molar refractivity (Wildman–Crippen MR) is 194 cm³/mol. The lowest BCUT2D eigenvalue weighted by Gasteiger charge is -2.37. The zero-order valence-corrected chi connectivity index (χ0v) is 30.3. The molecular weight excluding hydrogens is 682 g/mol. The van der Waals surface area contributed by atoms with E-state index >= 15 is 0 Å². The summed E-state index contributed by atoms with van der Waals surface area (Å²) in [5.74, 6) is 1.87. The van der Waals surface area contributed by atoms with Crippen molar-refractivity contribution >= 4 is 43.7 Å². The van der Waals surface area contributed by atoms with Crippen LogP contribution < -0.4 is 14.8 Å². The number of halogens is 1. The Kier molecular flexibility index (Phi) is 8.53. The number of benzene rings is 2. The second kappa shape index (κ2) is 12.9. The number of ether oxygens (including phenoxy) is 4. The van der Waals surface area contributed by atoms with E-state index in [1.165, 1.54) is 12.0 Å². The van der Waals surface area contributed by atoms with Crippen LogP contribution in [-0.4, -0.2) is 51.7 Å². The molecule has 10 heteroatoms. The van der Waals surface area contributed by atoms with Crippen LogP contribution in [0.1, 0.15) is 74.7 Å². The lowest BCUT2D eigenvalue weighted by Crippen LogP contribution is -2.37. The summed E-state index contributed by atoms with van der Waals surface area (Å²) in [6.45, 7) is 5.03. The van der Waals surface area contributed by atoms with Gasteiger partial charge in [0.1, 0.15) is 35.4 Å². The zero-order chi connectivity index (χ0) is 33.8. The number of anilines is 1. The van der Waals surface area contributed by atoms with Crippen molar-refractivity contribution < 1.29 is 18.9 Å². The molecule has 1 aliphatic heterocycles. The Morgan fingerprint density at radius 1 is 1.00 bits per heavy atom. The van der Waals surface area contributed by atoms with Crippen molar-refractivity contribution in [1.29, 1.82) is 0 Å². The van der Waals surface area contributed by atoms with Crippen molar-refractivity contribution in [3.05, 3.63) is 82.3 Å². The molecule has 4 heterocycles. The first kappa shape index (κ1) is 32.5. The smallest absolute Gasteiger partial charge is 0.169 e. The van der Waals surface area contributed by atoms with Gasteiger partial charge in [0.25, 0.3) is 0 Å². The molecule has 256 valence electrons. The lowest BCUT2D eigenvalue weighted by atomic mass is 9.80. The van der Waals surface area contributed by atoms with E-state index < -0.39 is 5.79 Å². The summed E-state index contributed by atoms with van der Waals surface area (Å²) in [6, 6.07) is 16.9. The van der Waals surface area contributed by atoms with E-state index in [1.807, 2.05) is 18.2 Å². The van der Waals surface area contributed by atoms with E-state index in [2.05, 4.69) is 81.2 Å². The molecule has 5 aromatic rings. The second-order valence-corrected chi connectivity index (χ2v) is 15.2.